The van der Waals surface area contributed by atoms with Gasteiger partial charge >= 0.3 is 0 Å². The third-order valence-electron chi connectivity index (χ3n) is 2.96. The Hall–Kier alpha value is -1.39. The molecule has 4 nitrogen and oxygen atoms in total. The van der Waals surface area contributed by atoms with Gasteiger partial charge in [-0.05, 0) is 44.0 Å². The van der Waals surface area contributed by atoms with Crippen LogP contribution < -0.4 is 0 Å². The standard InChI is InChI=1S/C14H18ClN3O/c1-9(2)18-14(16-8-17-18)7-13(19)11-4-10(3)5-12(15)6-11/h4-6,8-9,13,19H,7H2,1-3H3. The lowest BCUT2D eigenvalue weighted by Gasteiger charge is -2.14. The Labute approximate surface area is 118 Å². The van der Waals surface area contributed by atoms with E-state index in [9.17, 15) is 5.11 Å². The second-order valence-corrected chi connectivity index (χ2v) is 5.43. The smallest absolute Gasteiger partial charge is 0.138 e. The van der Waals surface area contributed by atoms with Crippen molar-refractivity contribution in [3.63, 3.8) is 0 Å². The molecule has 1 aromatic heterocycles. The SMILES string of the molecule is Cc1cc(Cl)cc(C(O)Cc2ncnn2C(C)C)c1. The Balaban J connectivity index is 2.20. The molecule has 102 valence electrons. The van der Waals surface area contributed by atoms with Crippen molar-refractivity contribution in [1.29, 1.82) is 0 Å². The molecule has 0 spiro atoms. The number of hydrogen-bond donors (Lipinski definition) is 1. The number of hydrogen-bond acceptors (Lipinski definition) is 3. The molecule has 0 bridgehead atoms. The summed E-state index contributed by atoms with van der Waals surface area (Å²) in [6.45, 7) is 6.03. The van der Waals surface area contributed by atoms with Gasteiger partial charge in [-0.1, -0.05) is 17.7 Å². The summed E-state index contributed by atoms with van der Waals surface area (Å²) in [6.07, 6.45) is 1.32. The summed E-state index contributed by atoms with van der Waals surface area (Å²) >= 11 is 6.01. The van der Waals surface area contributed by atoms with Crippen molar-refractivity contribution < 1.29 is 5.11 Å². The molecule has 0 aliphatic carbocycles. The van der Waals surface area contributed by atoms with Crippen molar-refractivity contribution in [2.75, 3.05) is 0 Å². The van der Waals surface area contributed by atoms with Gasteiger partial charge in [0.05, 0.1) is 6.10 Å². The Bertz CT molecular complexity index is 545. The number of aliphatic hydroxyl groups excluding tert-OH is 1. The fourth-order valence-corrected chi connectivity index (χ4v) is 2.40. The zero-order chi connectivity index (χ0) is 14.0. The largest absolute Gasteiger partial charge is 0.388 e. The van der Waals surface area contributed by atoms with Gasteiger partial charge in [0.1, 0.15) is 12.2 Å². The Morgan fingerprint density at radius 1 is 1.32 bits per heavy atom. The van der Waals surface area contributed by atoms with Crippen LogP contribution >= 0.6 is 11.6 Å². The van der Waals surface area contributed by atoms with Crippen molar-refractivity contribution in [3.8, 4) is 0 Å². The van der Waals surface area contributed by atoms with Gasteiger partial charge < -0.3 is 5.11 Å². The van der Waals surface area contributed by atoms with Gasteiger partial charge in [0.2, 0.25) is 0 Å². The van der Waals surface area contributed by atoms with Crippen molar-refractivity contribution in [1.82, 2.24) is 14.8 Å². The number of benzene rings is 1. The van der Waals surface area contributed by atoms with Crippen LogP contribution in [0.1, 0.15) is 42.9 Å². The van der Waals surface area contributed by atoms with Crippen LogP contribution in [-0.4, -0.2) is 19.9 Å². The average Bonchev–Trinajstić information content (AvgIpc) is 2.75. The fourth-order valence-electron chi connectivity index (χ4n) is 2.10. The van der Waals surface area contributed by atoms with Crippen molar-refractivity contribution in [3.05, 3.63) is 46.5 Å². The number of rotatable bonds is 4. The van der Waals surface area contributed by atoms with Gasteiger partial charge in [-0.15, -0.1) is 0 Å². The molecule has 19 heavy (non-hydrogen) atoms. The van der Waals surface area contributed by atoms with E-state index in [4.69, 9.17) is 11.6 Å². The lowest BCUT2D eigenvalue weighted by atomic mass is 10.0. The fraction of sp³-hybridized carbons (Fsp3) is 0.429. The zero-order valence-electron chi connectivity index (χ0n) is 11.3. The van der Waals surface area contributed by atoms with Gasteiger partial charge in [0.15, 0.2) is 0 Å². The van der Waals surface area contributed by atoms with Gasteiger partial charge in [-0.3, -0.25) is 0 Å². The van der Waals surface area contributed by atoms with Crippen molar-refractivity contribution in [2.45, 2.75) is 39.3 Å². The number of halogens is 1. The molecular weight excluding hydrogens is 262 g/mol. The highest BCUT2D eigenvalue weighted by molar-refractivity contribution is 6.30. The molecule has 1 unspecified atom stereocenters. The first-order chi connectivity index (χ1) is 8.97. The van der Waals surface area contributed by atoms with Gasteiger partial charge in [-0.2, -0.15) is 5.10 Å². The van der Waals surface area contributed by atoms with E-state index in [0.717, 1.165) is 17.0 Å². The van der Waals surface area contributed by atoms with E-state index in [1.54, 1.807) is 6.07 Å². The van der Waals surface area contributed by atoms with Crippen LogP contribution in [0.3, 0.4) is 0 Å². The summed E-state index contributed by atoms with van der Waals surface area (Å²) in [7, 11) is 0. The van der Waals surface area contributed by atoms with E-state index in [1.165, 1.54) is 6.33 Å². The molecule has 0 saturated carbocycles. The minimum Gasteiger partial charge on any atom is -0.388 e. The maximum absolute atomic E-state index is 10.3. The first kappa shape index (κ1) is 14.0. The van der Waals surface area contributed by atoms with Gasteiger partial charge in [-0.25, -0.2) is 9.67 Å². The molecule has 0 radical (unpaired) electrons. The summed E-state index contributed by atoms with van der Waals surface area (Å²) in [6, 6.07) is 5.82. The summed E-state index contributed by atoms with van der Waals surface area (Å²) in [5.74, 6) is 0.778. The van der Waals surface area contributed by atoms with Crippen LogP contribution in [0, 0.1) is 6.92 Å². The Morgan fingerprint density at radius 2 is 2.05 bits per heavy atom. The van der Waals surface area contributed by atoms with Crippen molar-refractivity contribution in [2.24, 2.45) is 0 Å². The Morgan fingerprint density at radius 3 is 2.68 bits per heavy atom. The highest BCUT2D eigenvalue weighted by atomic mass is 35.5. The van der Waals surface area contributed by atoms with E-state index in [-0.39, 0.29) is 6.04 Å². The highest BCUT2D eigenvalue weighted by Crippen LogP contribution is 2.23. The van der Waals surface area contributed by atoms with Crippen LogP contribution in [0.4, 0.5) is 0 Å². The molecule has 0 amide bonds. The van der Waals surface area contributed by atoms with Crippen LogP contribution in [0.2, 0.25) is 5.02 Å². The van der Waals surface area contributed by atoms with Gasteiger partial charge in [0.25, 0.3) is 0 Å². The predicted octanol–water partition coefficient (Wildman–Crippen LogP) is 3.10. The topological polar surface area (TPSA) is 50.9 Å². The van der Waals surface area contributed by atoms with Crippen LogP contribution in [0.5, 0.6) is 0 Å². The van der Waals surface area contributed by atoms with E-state index < -0.39 is 6.10 Å². The quantitative estimate of drug-likeness (QED) is 0.936. The number of nitrogens with zero attached hydrogens (tertiary/aromatic N) is 3. The molecule has 2 aromatic rings. The molecule has 1 N–H and O–H groups in total. The number of aryl methyl sites for hydroxylation is 1. The third kappa shape index (κ3) is 3.33. The molecule has 0 saturated heterocycles. The van der Waals surface area contributed by atoms with Crippen LogP contribution in [0.25, 0.3) is 0 Å². The molecule has 2 rings (SSSR count). The minimum absolute atomic E-state index is 0.228. The van der Waals surface area contributed by atoms with Crippen LogP contribution in [-0.2, 0) is 6.42 Å². The normalized spacial score (nSPS) is 12.9. The van der Waals surface area contributed by atoms with Crippen molar-refractivity contribution >= 4 is 11.6 Å². The first-order valence-electron chi connectivity index (χ1n) is 6.31. The molecule has 1 atom stereocenters. The van der Waals surface area contributed by atoms with Gasteiger partial charge in [0, 0.05) is 17.5 Å². The third-order valence-corrected chi connectivity index (χ3v) is 3.18. The zero-order valence-corrected chi connectivity index (χ0v) is 12.1. The molecule has 5 heteroatoms. The Kier molecular flexibility index (Phi) is 4.22. The second-order valence-electron chi connectivity index (χ2n) is 5.00. The summed E-state index contributed by atoms with van der Waals surface area (Å²) in [5, 5.41) is 15.1. The molecule has 0 aliphatic heterocycles. The predicted molar refractivity (Wildman–Crippen MR) is 75.3 cm³/mol. The van der Waals surface area contributed by atoms with Crippen LogP contribution in [0.15, 0.2) is 24.5 Å². The molecular formula is C14H18ClN3O. The lowest BCUT2D eigenvalue weighted by molar-refractivity contribution is 0.173. The highest BCUT2D eigenvalue weighted by Gasteiger charge is 2.15. The summed E-state index contributed by atoms with van der Waals surface area (Å²) < 4.78 is 1.82. The van der Waals surface area contributed by atoms with E-state index in [2.05, 4.69) is 10.1 Å². The molecule has 1 heterocycles. The lowest BCUT2D eigenvalue weighted by Crippen LogP contribution is -2.12. The minimum atomic E-state index is -0.626. The first-order valence-corrected chi connectivity index (χ1v) is 6.68. The van der Waals surface area contributed by atoms with E-state index >= 15 is 0 Å². The molecule has 0 fully saturated rings. The maximum Gasteiger partial charge on any atom is 0.138 e. The number of aromatic nitrogens is 3. The van der Waals surface area contributed by atoms with E-state index in [1.807, 2.05) is 37.6 Å². The average molecular weight is 280 g/mol. The maximum atomic E-state index is 10.3. The van der Waals surface area contributed by atoms with E-state index in [0.29, 0.717) is 11.4 Å². The monoisotopic (exact) mass is 279 g/mol. The molecule has 1 aromatic carbocycles. The number of aliphatic hydroxyl groups is 1. The second kappa shape index (κ2) is 5.72. The summed E-state index contributed by atoms with van der Waals surface area (Å²) in [4.78, 5) is 4.21. The summed E-state index contributed by atoms with van der Waals surface area (Å²) in [5.41, 5.74) is 1.84. The molecule has 0 aliphatic rings.